The molecule has 9 heteroatoms. The Balaban J connectivity index is 2.92. The van der Waals surface area contributed by atoms with E-state index in [4.69, 9.17) is 10.8 Å². The third-order valence-electron chi connectivity index (χ3n) is 4.24. The van der Waals surface area contributed by atoms with E-state index in [1.54, 1.807) is 24.3 Å². The molecule has 29 heavy (non-hydrogen) atoms. The molecule has 0 heterocycles. The summed E-state index contributed by atoms with van der Waals surface area (Å²) in [5.74, 6) is -3.55. The molecule has 160 valence electrons. The average molecular weight is 407 g/mol. The molecule has 1 rings (SSSR count). The zero-order valence-electron chi connectivity index (χ0n) is 16.6. The Morgan fingerprint density at radius 1 is 0.966 bits per heavy atom. The summed E-state index contributed by atoms with van der Waals surface area (Å²) in [6, 6.07) is 5.70. The van der Waals surface area contributed by atoms with Gasteiger partial charge in [0.05, 0.1) is 6.04 Å². The normalized spacial score (nSPS) is 13.9. The number of carboxylic acids is 2. The van der Waals surface area contributed by atoms with Crippen LogP contribution in [0.25, 0.3) is 0 Å². The van der Waals surface area contributed by atoms with Crippen LogP contribution in [0.15, 0.2) is 30.3 Å². The lowest BCUT2D eigenvalue weighted by Crippen LogP contribution is -2.55. The van der Waals surface area contributed by atoms with Crippen molar-refractivity contribution in [2.24, 2.45) is 11.7 Å². The summed E-state index contributed by atoms with van der Waals surface area (Å²) in [6.07, 6.45) is -0.110. The van der Waals surface area contributed by atoms with Crippen molar-refractivity contribution in [2.75, 3.05) is 0 Å². The topological polar surface area (TPSA) is 159 Å². The first kappa shape index (κ1) is 24.1. The minimum Gasteiger partial charge on any atom is -0.481 e. The van der Waals surface area contributed by atoms with E-state index in [-0.39, 0.29) is 18.8 Å². The molecule has 0 saturated carbocycles. The smallest absolute Gasteiger partial charge is 0.326 e. The highest BCUT2D eigenvalue weighted by atomic mass is 16.4. The molecule has 1 aromatic carbocycles. The molecule has 0 aliphatic carbocycles. The fourth-order valence-corrected chi connectivity index (χ4v) is 2.75. The number of hydrogen-bond acceptors (Lipinski definition) is 5. The van der Waals surface area contributed by atoms with E-state index in [0.717, 1.165) is 5.56 Å². The Morgan fingerprint density at radius 2 is 1.55 bits per heavy atom. The van der Waals surface area contributed by atoms with Crippen LogP contribution >= 0.6 is 0 Å². The SMILES string of the molecule is CC(C)C[C@@H](N)C(=O)N[C@@H](Cc1ccccc1)C(=O)N[C@@H](CCC(=O)O)C(=O)O. The van der Waals surface area contributed by atoms with Gasteiger partial charge >= 0.3 is 11.9 Å². The first-order valence-electron chi connectivity index (χ1n) is 9.45. The fourth-order valence-electron chi connectivity index (χ4n) is 2.75. The molecule has 0 saturated heterocycles. The van der Waals surface area contributed by atoms with Crippen LogP contribution in [0.5, 0.6) is 0 Å². The van der Waals surface area contributed by atoms with Crippen LogP contribution in [0.2, 0.25) is 0 Å². The lowest BCUT2D eigenvalue weighted by atomic mass is 10.0. The van der Waals surface area contributed by atoms with Crippen LogP contribution in [0.1, 0.15) is 38.7 Å². The van der Waals surface area contributed by atoms with Crippen molar-refractivity contribution in [3.8, 4) is 0 Å². The summed E-state index contributed by atoms with van der Waals surface area (Å²) in [5.41, 5.74) is 6.65. The monoisotopic (exact) mass is 407 g/mol. The van der Waals surface area contributed by atoms with Crippen LogP contribution in [-0.2, 0) is 25.6 Å². The lowest BCUT2D eigenvalue weighted by Gasteiger charge is -2.23. The predicted octanol–water partition coefficient (Wildman–Crippen LogP) is 0.522. The molecule has 9 nitrogen and oxygen atoms in total. The molecule has 0 aliphatic heterocycles. The Bertz CT molecular complexity index is 707. The highest BCUT2D eigenvalue weighted by molar-refractivity contribution is 5.92. The number of carbonyl (C=O) groups is 4. The van der Waals surface area contributed by atoms with Gasteiger partial charge in [-0.1, -0.05) is 44.2 Å². The van der Waals surface area contributed by atoms with Crippen molar-refractivity contribution in [1.82, 2.24) is 10.6 Å². The van der Waals surface area contributed by atoms with E-state index < -0.39 is 48.3 Å². The lowest BCUT2D eigenvalue weighted by molar-refractivity contribution is -0.143. The molecular weight excluding hydrogens is 378 g/mol. The highest BCUT2D eigenvalue weighted by Crippen LogP contribution is 2.07. The van der Waals surface area contributed by atoms with E-state index in [1.807, 2.05) is 19.9 Å². The second-order valence-electron chi connectivity index (χ2n) is 7.32. The van der Waals surface area contributed by atoms with Crippen LogP contribution < -0.4 is 16.4 Å². The Kier molecular flexibility index (Phi) is 9.81. The zero-order valence-corrected chi connectivity index (χ0v) is 16.6. The van der Waals surface area contributed by atoms with Crippen molar-refractivity contribution in [3.63, 3.8) is 0 Å². The number of carboxylic acid groups (broad SMARTS) is 2. The van der Waals surface area contributed by atoms with Gasteiger partial charge in [0.15, 0.2) is 0 Å². The summed E-state index contributed by atoms with van der Waals surface area (Å²) in [5, 5.41) is 22.9. The van der Waals surface area contributed by atoms with Crippen molar-refractivity contribution in [3.05, 3.63) is 35.9 Å². The minimum absolute atomic E-state index is 0.137. The van der Waals surface area contributed by atoms with Gasteiger partial charge in [0.2, 0.25) is 11.8 Å². The standard InChI is InChI=1S/C20H29N3O6/c1-12(2)10-14(21)18(26)23-16(11-13-6-4-3-5-7-13)19(27)22-15(20(28)29)8-9-17(24)25/h3-7,12,14-16H,8-11,21H2,1-2H3,(H,22,27)(H,23,26)(H,24,25)(H,28,29)/t14-,15+,16+/m1/s1. The maximum absolute atomic E-state index is 12.7. The van der Waals surface area contributed by atoms with Crippen LogP contribution in [0.4, 0.5) is 0 Å². The van der Waals surface area contributed by atoms with Crippen LogP contribution in [-0.4, -0.2) is 52.1 Å². The third-order valence-corrected chi connectivity index (χ3v) is 4.24. The summed E-state index contributed by atoms with van der Waals surface area (Å²) < 4.78 is 0. The Morgan fingerprint density at radius 3 is 2.07 bits per heavy atom. The van der Waals surface area contributed by atoms with Gasteiger partial charge in [0.25, 0.3) is 0 Å². The molecule has 0 fully saturated rings. The highest BCUT2D eigenvalue weighted by Gasteiger charge is 2.28. The number of nitrogens with two attached hydrogens (primary N) is 1. The quantitative estimate of drug-likeness (QED) is 0.338. The summed E-state index contributed by atoms with van der Waals surface area (Å²) in [7, 11) is 0. The summed E-state index contributed by atoms with van der Waals surface area (Å²) in [6.45, 7) is 3.84. The number of rotatable bonds is 12. The number of hydrogen-bond donors (Lipinski definition) is 5. The molecule has 0 radical (unpaired) electrons. The van der Waals surface area contributed by atoms with Gasteiger partial charge in [-0.15, -0.1) is 0 Å². The van der Waals surface area contributed by atoms with Gasteiger partial charge in [0.1, 0.15) is 12.1 Å². The first-order chi connectivity index (χ1) is 13.6. The molecule has 3 atom stereocenters. The molecule has 0 bridgehead atoms. The summed E-state index contributed by atoms with van der Waals surface area (Å²) in [4.78, 5) is 47.2. The van der Waals surface area contributed by atoms with Gasteiger partial charge in [-0.25, -0.2) is 4.79 Å². The maximum Gasteiger partial charge on any atom is 0.326 e. The van der Waals surface area contributed by atoms with Crippen LogP contribution in [0.3, 0.4) is 0 Å². The molecule has 0 aromatic heterocycles. The largest absolute Gasteiger partial charge is 0.481 e. The van der Waals surface area contributed by atoms with Crippen molar-refractivity contribution in [2.45, 2.75) is 57.7 Å². The van der Waals surface area contributed by atoms with Gasteiger partial charge in [-0.3, -0.25) is 14.4 Å². The van der Waals surface area contributed by atoms with Gasteiger partial charge < -0.3 is 26.6 Å². The molecule has 0 spiro atoms. The molecule has 0 unspecified atom stereocenters. The predicted molar refractivity (Wildman–Crippen MR) is 106 cm³/mol. The molecule has 6 N–H and O–H groups in total. The van der Waals surface area contributed by atoms with Crippen molar-refractivity contribution >= 4 is 23.8 Å². The van der Waals surface area contributed by atoms with Gasteiger partial charge in [-0.05, 0) is 24.3 Å². The first-order valence-corrected chi connectivity index (χ1v) is 9.45. The minimum atomic E-state index is -1.38. The molecule has 0 aliphatic rings. The number of aliphatic carboxylic acids is 2. The number of carbonyl (C=O) groups excluding carboxylic acids is 2. The van der Waals surface area contributed by atoms with E-state index in [0.29, 0.717) is 6.42 Å². The Hall–Kier alpha value is -2.94. The Labute approximate surface area is 169 Å². The summed E-state index contributed by atoms with van der Waals surface area (Å²) >= 11 is 0. The van der Waals surface area contributed by atoms with E-state index >= 15 is 0 Å². The van der Waals surface area contributed by atoms with E-state index in [9.17, 15) is 24.3 Å². The average Bonchev–Trinajstić information content (AvgIpc) is 2.64. The fraction of sp³-hybridized carbons (Fsp3) is 0.500. The molecule has 1 aromatic rings. The van der Waals surface area contributed by atoms with E-state index in [1.165, 1.54) is 0 Å². The van der Waals surface area contributed by atoms with Gasteiger partial charge in [0, 0.05) is 12.8 Å². The van der Waals surface area contributed by atoms with Crippen LogP contribution in [0, 0.1) is 5.92 Å². The third kappa shape index (κ3) is 9.20. The van der Waals surface area contributed by atoms with Gasteiger partial charge in [-0.2, -0.15) is 0 Å². The number of amides is 2. The second kappa shape index (κ2) is 11.8. The number of benzene rings is 1. The number of nitrogens with one attached hydrogen (secondary N) is 2. The maximum atomic E-state index is 12.7. The molecular formula is C20H29N3O6. The van der Waals surface area contributed by atoms with Crippen molar-refractivity contribution in [1.29, 1.82) is 0 Å². The van der Waals surface area contributed by atoms with E-state index in [2.05, 4.69) is 10.6 Å². The zero-order chi connectivity index (χ0) is 22.0. The molecule has 2 amide bonds. The second-order valence-corrected chi connectivity index (χ2v) is 7.32. The van der Waals surface area contributed by atoms with Crippen molar-refractivity contribution < 1.29 is 29.4 Å².